The van der Waals surface area contributed by atoms with Crippen molar-refractivity contribution >= 4 is 10.0 Å². The lowest BCUT2D eigenvalue weighted by Crippen LogP contribution is -2.31. The Hall–Kier alpha value is -1.92. The fraction of sp³-hybridized carbons (Fsp3) is 0.294. The summed E-state index contributed by atoms with van der Waals surface area (Å²) >= 11 is 0. The minimum atomic E-state index is -3.89. The number of halogens is 1. The Morgan fingerprint density at radius 3 is 2.78 bits per heavy atom. The van der Waals surface area contributed by atoms with E-state index in [0.29, 0.717) is 12.2 Å². The first-order valence-electron chi connectivity index (χ1n) is 7.45. The topological polar surface area (TPSA) is 55.4 Å². The average molecular weight is 335 g/mol. The third-order valence-corrected chi connectivity index (χ3v) is 5.64. The zero-order valence-corrected chi connectivity index (χ0v) is 13.6. The maximum absolute atomic E-state index is 13.9. The van der Waals surface area contributed by atoms with E-state index in [9.17, 15) is 12.8 Å². The van der Waals surface area contributed by atoms with Crippen LogP contribution >= 0.6 is 0 Å². The molecule has 0 radical (unpaired) electrons. The monoisotopic (exact) mass is 335 g/mol. The molecule has 0 fully saturated rings. The second-order valence-corrected chi connectivity index (χ2v) is 7.31. The van der Waals surface area contributed by atoms with Gasteiger partial charge in [0, 0.05) is 12.5 Å². The highest BCUT2D eigenvalue weighted by Crippen LogP contribution is 2.33. The summed E-state index contributed by atoms with van der Waals surface area (Å²) in [4.78, 5) is -0.277. The van der Waals surface area contributed by atoms with Gasteiger partial charge >= 0.3 is 0 Å². The van der Waals surface area contributed by atoms with Gasteiger partial charge in [-0.2, -0.15) is 0 Å². The summed E-state index contributed by atoms with van der Waals surface area (Å²) in [6.45, 7) is 2.35. The molecule has 1 N–H and O–H groups in total. The van der Waals surface area contributed by atoms with Crippen molar-refractivity contribution in [3.63, 3.8) is 0 Å². The van der Waals surface area contributed by atoms with Crippen molar-refractivity contribution in [2.24, 2.45) is 0 Å². The zero-order valence-electron chi connectivity index (χ0n) is 12.8. The number of nitrogens with one attached hydrogen (secondary N) is 1. The minimum Gasteiger partial charge on any atom is -0.493 e. The molecule has 23 heavy (non-hydrogen) atoms. The van der Waals surface area contributed by atoms with E-state index >= 15 is 0 Å². The van der Waals surface area contributed by atoms with Crippen LogP contribution in [0.2, 0.25) is 0 Å². The second kappa shape index (κ2) is 6.29. The lowest BCUT2D eigenvalue weighted by atomic mass is 9.93. The Labute approximate surface area is 135 Å². The van der Waals surface area contributed by atoms with Crippen molar-refractivity contribution in [3.05, 3.63) is 59.4 Å². The molecule has 0 aliphatic carbocycles. The Morgan fingerprint density at radius 1 is 1.22 bits per heavy atom. The third kappa shape index (κ3) is 3.23. The predicted molar refractivity (Wildman–Crippen MR) is 85.6 cm³/mol. The molecule has 1 aliphatic rings. The SMILES string of the molecule is Cc1cccc(F)c1S(=O)(=O)NCC1CCOc2ccccc21. The maximum atomic E-state index is 13.9. The predicted octanol–water partition coefficient (Wildman–Crippen LogP) is 2.98. The minimum absolute atomic E-state index is 0.0156. The van der Waals surface area contributed by atoms with E-state index in [2.05, 4.69) is 4.72 Å². The summed E-state index contributed by atoms with van der Waals surface area (Å²) in [7, 11) is -3.89. The van der Waals surface area contributed by atoms with Crippen LogP contribution in [0.4, 0.5) is 4.39 Å². The molecule has 6 heteroatoms. The molecule has 122 valence electrons. The van der Waals surface area contributed by atoms with E-state index in [1.54, 1.807) is 13.0 Å². The van der Waals surface area contributed by atoms with E-state index < -0.39 is 15.8 Å². The van der Waals surface area contributed by atoms with E-state index in [0.717, 1.165) is 23.8 Å². The molecule has 0 aromatic heterocycles. The molecular weight excluding hydrogens is 317 g/mol. The van der Waals surface area contributed by atoms with Crippen LogP contribution in [-0.2, 0) is 10.0 Å². The van der Waals surface area contributed by atoms with Crippen LogP contribution in [0.15, 0.2) is 47.4 Å². The van der Waals surface area contributed by atoms with Crippen LogP contribution in [0.1, 0.15) is 23.5 Å². The number of ether oxygens (including phenoxy) is 1. The zero-order chi connectivity index (χ0) is 16.4. The molecule has 1 atom stereocenters. The molecule has 0 amide bonds. The third-order valence-electron chi connectivity index (χ3n) is 4.04. The molecule has 0 bridgehead atoms. The number of fused-ring (bicyclic) bond motifs is 1. The summed E-state index contributed by atoms with van der Waals surface area (Å²) in [6, 6.07) is 11.8. The molecule has 2 aromatic rings. The number of sulfonamides is 1. The van der Waals surface area contributed by atoms with E-state index in [1.165, 1.54) is 6.07 Å². The lowest BCUT2D eigenvalue weighted by molar-refractivity contribution is 0.267. The van der Waals surface area contributed by atoms with E-state index in [4.69, 9.17) is 4.74 Å². The van der Waals surface area contributed by atoms with Crippen molar-refractivity contribution in [1.29, 1.82) is 0 Å². The van der Waals surface area contributed by atoms with E-state index in [-0.39, 0.29) is 17.4 Å². The number of benzene rings is 2. The number of hydrogen-bond acceptors (Lipinski definition) is 3. The standard InChI is InChI=1S/C17H18FNO3S/c1-12-5-4-7-15(18)17(12)23(20,21)19-11-13-9-10-22-16-8-3-2-6-14(13)16/h2-8,13,19H,9-11H2,1H3. The van der Waals surface area contributed by atoms with Gasteiger partial charge in [0.05, 0.1) is 6.61 Å². The van der Waals surface area contributed by atoms with Crippen molar-refractivity contribution in [2.45, 2.75) is 24.2 Å². The summed E-state index contributed by atoms with van der Waals surface area (Å²) in [6.07, 6.45) is 0.718. The van der Waals surface area contributed by atoms with Crippen molar-refractivity contribution in [1.82, 2.24) is 4.72 Å². The Kier molecular flexibility index (Phi) is 4.37. The van der Waals surface area contributed by atoms with Gasteiger partial charge in [0.2, 0.25) is 10.0 Å². The van der Waals surface area contributed by atoms with Crippen LogP contribution in [0.5, 0.6) is 5.75 Å². The molecule has 0 saturated heterocycles. The largest absolute Gasteiger partial charge is 0.493 e. The Balaban J connectivity index is 1.81. The van der Waals surface area contributed by atoms with Gasteiger partial charge in [-0.15, -0.1) is 0 Å². The highest BCUT2D eigenvalue weighted by atomic mass is 32.2. The molecule has 0 spiro atoms. The lowest BCUT2D eigenvalue weighted by Gasteiger charge is -2.26. The first kappa shape index (κ1) is 16.0. The molecule has 1 unspecified atom stereocenters. The smallest absolute Gasteiger partial charge is 0.243 e. The molecule has 1 heterocycles. The molecule has 0 saturated carbocycles. The first-order valence-corrected chi connectivity index (χ1v) is 8.94. The summed E-state index contributed by atoms with van der Waals surface area (Å²) in [5.74, 6) is 0.0664. The van der Waals surface area contributed by atoms with Crippen molar-refractivity contribution in [3.8, 4) is 5.75 Å². The fourth-order valence-electron chi connectivity index (χ4n) is 2.87. The van der Waals surface area contributed by atoms with Crippen LogP contribution in [-0.4, -0.2) is 21.6 Å². The number of para-hydroxylation sites is 1. The Morgan fingerprint density at radius 2 is 2.00 bits per heavy atom. The molecule has 3 rings (SSSR count). The molecule has 1 aliphatic heterocycles. The summed E-state index contributed by atoms with van der Waals surface area (Å²) < 4.78 is 46.9. The van der Waals surface area contributed by atoms with Gasteiger partial charge in [-0.1, -0.05) is 30.3 Å². The first-order chi connectivity index (χ1) is 11.0. The average Bonchev–Trinajstić information content (AvgIpc) is 2.52. The number of aryl methyl sites for hydroxylation is 1. The van der Waals surface area contributed by atoms with Crippen LogP contribution in [0, 0.1) is 12.7 Å². The van der Waals surface area contributed by atoms with Gasteiger partial charge in [0.25, 0.3) is 0 Å². The number of hydrogen-bond donors (Lipinski definition) is 1. The van der Waals surface area contributed by atoms with Crippen molar-refractivity contribution in [2.75, 3.05) is 13.2 Å². The van der Waals surface area contributed by atoms with E-state index in [1.807, 2.05) is 24.3 Å². The van der Waals surface area contributed by atoms with Crippen LogP contribution < -0.4 is 9.46 Å². The van der Waals surface area contributed by atoms with Crippen LogP contribution in [0.3, 0.4) is 0 Å². The highest BCUT2D eigenvalue weighted by molar-refractivity contribution is 7.89. The molecular formula is C17H18FNO3S. The van der Waals surface area contributed by atoms with Gasteiger partial charge in [-0.3, -0.25) is 0 Å². The number of rotatable bonds is 4. The van der Waals surface area contributed by atoms with Gasteiger partial charge in [0.15, 0.2) is 0 Å². The fourth-order valence-corrected chi connectivity index (χ4v) is 4.25. The highest BCUT2D eigenvalue weighted by Gasteiger charge is 2.26. The van der Waals surface area contributed by atoms with Crippen molar-refractivity contribution < 1.29 is 17.5 Å². The molecule has 2 aromatic carbocycles. The quantitative estimate of drug-likeness (QED) is 0.934. The maximum Gasteiger partial charge on any atom is 0.243 e. The summed E-state index contributed by atoms with van der Waals surface area (Å²) in [5.41, 5.74) is 1.37. The normalized spacial score (nSPS) is 17.4. The van der Waals surface area contributed by atoms with Gasteiger partial charge in [-0.25, -0.2) is 17.5 Å². The summed E-state index contributed by atoms with van der Waals surface area (Å²) in [5, 5.41) is 0. The molecule has 4 nitrogen and oxygen atoms in total. The van der Waals surface area contributed by atoms with Gasteiger partial charge in [0.1, 0.15) is 16.5 Å². The second-order valence-electron chi connectivity index (χ2n) is 5.61. The van der Waals surface area contributed by atoms with Crippen LogP contribution in [0.25, 0.3) is 0 Å². The van der Waals surface area contributed by atoms with Gasteiger partial charge < -0.3 is 4.74 Å². The van der Waals surface area contributed by atoms with Gasteiger partial charge in [-0.05, 0) is 36.6 Å². The Bertz CT molecular complexity index is 800.